The first-order valence-electron chi connectivity index (χ1n) is 8.29. The highest BCUT2D eigenvalue weighted by molar-refractivity contribution is 5.46. The van der Waals surface area contributed by atoms with Crippen LogP contribution in [0.2, 0.25) is 0 Å². The maximum Gasteiger partial charge on any atom is -0.0263 e. The Morgan fingerprint density at radius 3 is 1.16 bits per heavy atom. The van der Waals surface area contributed by atoms with E-state index in [2.05, 4.69) is 39.8 Å². The molecule has 0 heteroatoms. The molecule has 25 heavy (non-hydrogen) atoms. The lowest BCUT2D eigenvalue weighted by Gasteiger charge is -1.85. The quantitative estimate of drug-likeness (QED) is 0.393. The zero-order valence-electron chi connectivity index (χ0n) is 15.8. The molecule has 0 aliphatic rings. The van der Waals surface area contributed by atoms with Crippen molar-refractivity contribution in [3.05, 3.63) is 122 Å². The predicted octanol–water partition coefficient (Wildman–Crippen LogP) is 7.99. The summed E-state index contributed by atoms with van der Waals surface area (Å²) >= 11 is 0. The first-order chi connectivity index (χ1) is 12.0. The van der Waals surface area contributed by atoms with E-state index in [0.717, 1.165) is 12.0 Å². The average Bonchev–Trinajstić information content (AvgIpc) is 2.70. The van der Waals surface area contributed by atoms with Crippen LogP contribution in [0.15, 0.2) is 111 Å². The second kappa shape index (κ2) is 19.2. The zero-order chi connectivity index (χ0) is 19.3. The molecule has 0 aliphatic carbocycles. The van der Waals surface area contributed by atoms with E-state index in [4.69, 9.17) is 0 Å². The Kier molecular flexibility index (Phi) is 18.7. The van der Waals surface area contributed by atoms with Gasteiger partial charge < -0.3 is 0 Å². The van der Waals surface area contributed by atoms with Crippen LogP contribution < -0.4 is 0 Å². The Morgan fingerprint density at radius 2 is 1.04 bits per heavy atom. The molecule has 0 amide bonds. The minimum absolute atomic E-state index is 1.02. The highest BCUT2D eigenvalue weighted by atomic mass is 13.8. The molecule has 0 unspecified atom stereocenters. The van der Waals surface area contributed by atoms with Crippen LogP contribution in [0.25, 0.3) is 12.2 Å². The van der Waals surface area contributed by atoms with Crippen molar-refractivity contribution < 1.29 is 0 Å². The van der Waals surface area contributed by atoms with Gasteiger partial charge in [-0.1, -0.05) is 124 Å². The van der Waals surface area contributed by atoms with E-state index in [1.165, 1.54) is 11.1 Å². The van der Waals surface area contributed by atoms with Gasteiger partial charge in [0, 0.05) is 0 Å². The number of allylic oxidation sites excluding steroid dienone is 3. The van der Waals surface area contributed by atoms with Gasteiger partial charge in [-0.2, -0.15) is 0 Å². The van der Waals surface area contributed by atoms with Crippen LogP contribution in [0, 0.1) is 0 Å². The van der Waals surface area contributed by atoms with E-state index in [1.54, 1.807) is 6.08 Å². The highest BCUT2D eigenvalue weighted by Gasteiger charge is 1.76. The average molecular weight is 333 g/mol. The van der Waals surface area contributed by atoms with Crippen molar-refractivity contribution in [2.75, 3.05) is 0 Å². The largest absolute Gasteiger partial charge is 0.103 e. The molecular formula is C25H32. The SMILES string of the molecule is C=CC(=C)C.C=CCC.C=Cc1ccccc1.C=Cc1ccccc1. The Morgan fingerprint density at radius 1 is 0.760 bits per heavy atom. The predicted molar refractivity (Wildman–Crippen MR) is 119 cm³/mol. The van der Waals surface area contributed by atoms with Crippen molar-refractivity contribution in [3.8, 4) is 0 Å². The summed E-state index contributed by atoms with van der Waals surface area (Å²) in [5.74, 6) is 0. The van der Waals surface area contributed by atoms with E-state index >= 15 is 0 Å². The zero-order valence-corrected chi connectivity index (χ0v) is 15.8. The number of hydrogen-bond donors (Lipinski definition) is 0. The molecule has 0 heterocycles. The molecule has 0 aliphatic heterocycles. The van der Waals surface area contributed by atoms with Crippen LogP contribution >= 0.6 is 0 Å². The van der Waals surface area contributed by atoms with Gasteiger partial charge in [-0.3, -0.25) is 0 Å². The molecule has 0 bridgehead atoms. The van der Waals surface area contributed by atoms with Crippen LogP contribution in [0.3, 0.4) is 0 Å². The molecular weight excluding hydrogens is 300 g/mol. The Balaban J connectivity index is 0. The molecule has 0 saturated heterocycles. The maximum absolute atomic E-state index is 3.63. The molecule has 132 valence electrons. The molecule has 0 fully saturated rings. The summed E-state index contributed by atoms with van der Waals surface area (Å²) in [5, 5.41) is 0. The molecule has 2 aromatic carbocycles. The van der Waals surface area contributed by atoms with Crippen LogP contribution in [0.1, 0.15) is 31.4 Å². The van der Waals surface area contributed by atoms with Crippen LogP contribution in [-0.4, -0.2) is 0 Å². The minimum atomic E-state index is 1.02. The molecule has 0 N–H and O–H groups in total. The summed E-state index contributed by atoms with van der Waals surface area (Å²) in [4.78, 5) is 0. The number of rotatable bonds is 4. The normalized spacial score (nSPS) is 7.76. The molecule has 0 spiro atoms. The van der Waals surface area contributed by atoms with E-state index < -0.39 is 0 Å². The van der Waals surface area contributed by atoms with Gasteiger partial charge in [0.1, 0.15) is 0 Å². The third-order valence-electron chi connectivity index (χ3n) is 2.71. The lowest BCUT2D eigenvalue weighted by Crippen LogP contribution is -1.63. The van der Waals surface area contributed by atoms with Gasteiger partial charge in [-0.05, 0) is 24.5 Å². The summed E-state index contributed by atoms with van der Waals surface area (Å²) in [5.41, 5.74) is 3.37. The maximum atomic E-state index is 3.63. The summed E-state index contributed by atoms with van der Waals surface area (Å²) in [6.45, 7) is 21.7. The van der Waals surface area contributed by atoms with Crippen molar-refractivity contribution in [2.45, 2.75) is 20.3 Å². The van der Waals surface area contributed by atoms with Crippen molar-refractivity contribution in [1.29, 1.82) is 0 Å². The molecule has 0 nitrogen and oxygen atoms in total. The Bertz CT molecular complexity index is 545. The van der Waals surface area contributed by atoms with Crippen LogP contribution in [0.4, 0.5) is 0 Å². The number of benzene rings is 2. The Hall–Kier alpha value is -2.86. The summed E-state index contributed by atoms with van der Waals surface area (Å²) in [6.07, 6.45) is 8.35. The van der Waals surface area contributed by atoms with Gasteiger partial charge in [0.15, 0.2) is 0 Å². The second-order valence-electron chi connectivity index (χ2n) is 4.98. The van der Waals surface area contributed by atoms with Gasteiger partial charge in [0.25, 0.3) is 0 Å². The number of hydrogen-bond acceptors (Lipinski definition) is 0. The van der Waals surface area contributed by atoms with E-state index in [9.17, 15) is 0 Å². The smallest absolute Gasteiger partial charge is 0.0263 e. The van der Waals surface area contributed by atoms with Gasteiger partial charge in [-0.25, -0.2) is 0 Å². The molecule has 2 rings (SSSR count). The fourth-order valence-electron chi connectivity index (χ4n) is 1.18. The molecule has 0 saturated carbocycles. The topological polar surface area (TPSA) is 0 Å². The van der Waals surface area contributed by atoms with Gasteiger partial charge in [0.05, 0.1) is 0 Å². The molecule has 0 aromatic heterocycles. The standard InChI is InChI=1S/2C8H8.C5H8.C4H8/c2*1-2-8-6-4-3-5-7-8;1-4-5(2)3;1-3-4-2/h2*2-7H,1H2;4H,1-2H2,3H3;3H,1,4H2,2H3. The lowest BCUT2D eigenvalue weighted by atomic mass is 10.2. The monoisotopic (exact) mass is 332 g/mol. The summed E-state index contributed by atoms with van der Waals surface area (Å²) < 4.78 is 0. The third-order valence-corrected chi connectivity index (χ3v) is 2.71. The third kappa shape index (κ3) is 19.1. The van der Waals surface area contributed by atoms with Crippen LogP contribution in [0.5, 0.6) is 0 Å². The van der Waals surface area contributed by atoms with Crippen molar-refractivity contribution >= 4 is 12.2 Å². The molecule has 2 aromatic rings. The first-order valence-corrected chi connectivity index (χ1v) is 8.29. The van der Waals surface area contributed by atoms with Gasteiger partial charge >= 0.3 is 0 Å². The van der Waals surface area contributed by atoms with E-state index in [-0.39, 0.29) is 0 Å². The summed E-state index contributed by atoms with van der Waals surface area (Å²) in [6, 6.07) is 20.1. The van der Waals surface area contributed by atoms with Crippen LogP contribution in [-0.2, 0) is 0 Å². The van der Waals surface area contributed by atoms with E-state index in [1.807, 2.05) is 85.8 Å². The fraction of sp³-hybridized carbons (Fsp3) is 0.120. The second-order valence-corrected chi connectivity index (χ2v) is 4.98. The van der Waals surface area contributed by atoms with Gasteiger partial charge in [-0.15, -0.1) is 6.58 Å². The lowest BCUT2D eigenvalue weighted by molar-refractivity contribution is 1.23. The molecule has 0 atom stereocenters. The first kappa shape index (κ1) is 24.4. The highest BCUT2D eigenvalue weighted by Crippen LogP contribution is 1.98. The van der Waals surface area contributed by atoms with Crippen molar-refractivity contribution in [2.24, 2.45) is 0 Å². The molecule has 0 radical (unpaired) electrons. The van der Waals surface area contributed by atoms with E-state index in [0.29, 0.717) is 0 Å². The van der Waals surface area contributed by atoms with Gasteiger partial charge in [0.2, 0.25) is 0 Å². The summed E-state index contributed by atoms with van der Waals surface area (Å²) in [7, 11) is 0. The fourth-order valence-corrected chi connectivity index (χ4v) is 1.18. The van der Waals surface area contributed by atoms with Crippen molar-refractivity contribution in [3.63, 3.8) is 0 Å². The minimum Gasteiger partial charge on any atom is -0.103 e. The Labute approximate surface area is 155 Å². The van der Waals surface area contributed by atoms with Crippen molar-refractivity contribution in [1.82, 2.24) is 0 Å².